The fourth-order valence-corrected chi connectivity index (χ4v) is 1.98. The van der Waals surface area contributed by atoms with E-state index in [4.69, 9.17) is 0 Å². The Morgan fingerprint density at radius 1 is 1.25 bits per heavy atom. The van der Waals surface area contributed by atoms with Gasteiger partial charge < -0.3 is 5.32 Å². The minimum Gasteiger partial charge on any atom is -0.310 e. The number of fused-ring (bicyclic) bond motifs is 1. The van der Waals surface area contributed by atoms with Crippen molar-refractivity contribution >= 4 is 10.9 Å². The van der Waals surface area contributed by atoms with Crippen molar-refractivity contribution < 1.29 is 0 Å². The Kier molecular flexibility index (Phi) is 3.52. The Labute approximate surface area is 96.7 Å². The number of aromatic nitrogens is 1. The molecule has 1 aromatic heterocycles. The molecule has 84 valence electrons. The molecule has 0 saturated carbocycles. The van der Waals surface area contributed by atoms with Gasteiger partial charge in [0, 0.05) is 17.6 Å². The molecule has 0 aliphatic rings. The van der Waals surface area contributed by atoms with Gasteiger partial charge in [-0.15, -0.1) is 0 Å². The van der Waals surface area contributed by atoms with Crippen LogP contribution in [0.25, 0.3) is 10.9 Å². The molecule has 0 spiro atoms. The highest BCUT2D eigenvalue weighted by atomic mass is 14.9. The van der Waals surface area contributed by atoms with Crippen molar-refractivity contribution in [3.05, 3.63) is 42.1 Å². The van der Waals surface area contributed by atoms with E-state index in [1.54, 1.807) is 0 Å². The van der Waals surface area contributed by atoms with Gasteiger partial charge in [-0.3, -0.25) is 4.98 Å². The number of benzene rings is 1. The maximum Gasteiger partial charge on any atom is 0.0705 e. The monoisotopic (exact) mass is 214 g/mol. The summed E-state index contributed by atoms with van der Waals surface area (Å²) < 4.78 is 0. The summed E-state index contributed by atoms with van der Waals surface area (Å²) in [5.74, 6) is 0. The van der Waals surface area contributed by atoms with Gasteiger partial charge in [-0.05, 0) is 37.6 Å². The van der Waals surface area contributed by atoms with Crippen LogP contribution in [-0.2, 0) is 0 Å². The lowest BCUT2D eigenvalue weighted by Gasteiger charge is -2.15. The van der Waals surface area contributed by atoms with Crippen LogP contribution in [-0.4, -0.2) is 11.5 Å². The number of nitrogens with zero attached hydrogens (tertiary/aromatic N) is 1. The zero-order valence-electron chi connectivity index (χ0n) is 9.90. The molecule has 0 radical (unpaired) electrons. The second-order valence-corrected chi connectivity index (χ2v) is 4.09. The van der Waals surface area contributed by atoms with E-state index < -0.39 is 0 Å². The number of pyridine rings is 1. The fraction of sp³-hybridized carbons (Fsp3) is 0.357. The lowest BCUT2D eigenvalue weighted by molar-refractivity contribution is 0.574. The van der Waals surface area contributed by atoms with Gasteiger partial charge in [-0.2, -0.15) is 0 Å². The first-order valence-corrected chi connectivity index (χ1v) is 5.90. The van der Waals surface area contributed by atoms with Gasteiger partial charge in [0.1, 0.15) is 0 Å². The Bertz CT molecular complexity index is 460. The minimum atomic E-state index is 0.382. The van der Waals surface area contributed by atoms with E-state index in [2.05, 4.69) is 48.4 Å². The summed E-state index contributed by atoms with van der Waals surface area (Å²) in [6, 6.07) is 10.8. The third kappa shape index (κ3) is 2.22. The van der Waals surface area contributed by atoms with Crippen molar-refractivity contribution in [3.63, 3.8) is 0 Å². The van der Waals surface area contributed by atoms with Gasteiger partial charge >= 0.3 is 0 Å². The average molecular weight is 214 g/mol. The summed E-state index contributed by atoms with van der Waals surface area (Å²) in [6.07, 6.45) is 3.00. The number of hydrogen-bond acceptors (Lipinski definition) is 2. The van der Waals surface area contributed by atoms with Crippen molar-refractivity contribution in [1.29, 1.82) is 0 Å². The molecular weight excluding hydrogens is 196 g/mol. The maximum atomic E-state index is 4.38. The molecular formula is C14H18N2. The number of rotatable bonds is 4. The quantitative estimate of drug-likeness (QED) is 0.844. The topological polar surface area (TPSA) is 24.9 Å². The van der Waals surface area contributed by atoms with Crippen LogP contribution in [0.1, 0.15) is 31.9 Å². The summed E-state index contributed by atoms with van der Waals surface area (Å²) in [6.45, 7) is 5.44. The molecule has 0 saturated heterocycles. The van der Waals surface area contributed by atoms with Crippen molar-refractivity contribution in [2.24, 2.45) is 0 Å². The van der Waals surface area contributed by atoms with E-state index >= 15 is 0 Å². The standard InChI is InChI=1S/C14H18N2/c1-3-9-15-11(2)12-6-4-8-14-13(12)7-5-10-16-14/h4-8,10-11,15H,3,9H2,1-2H3. The zero-order chi connectivity index (χ0) is 11.4. The Morgan fingerprint density at radius 2 is 2.12 bits per heavy atom. The Balaban J connectivity index is 2.36. The van der Waals surface area contributed by atoms with E-state index in [-0.39, 0.29) is 0 Å². The van der Waals surface area contributed by atoms with Crippen molar-refractivity contribution in [2.75, 3.05) is 6.54 Å². The van der Waals surface area contributed by atoms with Crippen molar-refractivity contribution in [3.8, 4) is 0 Å². The summed E-state index contributed by atoms with van der Waals surface area (Å²) in [4.78, 5) is 4.38. The van der Waals surface area contributed by atoms with Crippen LogP contribution in [0, 0.1) is 0 Å². The summed E-state index contributed by atoms with van der Waals surface area (Å²) >= 11 is 0. The van der Waals surface area contributed by atoms with Gasteiger partial charge in [0.15, 0.2) is 0 Å². The van der Waals surface area contributed by atoms with E-state index in [9.17, 15) is 0 Å². The molecule has 2 aromatic rings. The average Bonchev–Trinajstić information content (AvgIpc) is 2.35. The summed E-state index contributed by atoms with van der Waals surface area (Å²) in [5.41, 5.74) is 2.41. The predicted octanol–water partition coefficient (Wildman–Crippen LogP) is 3.30. The van der Waals surface area contributed by atoms with Gasteiger partial charge in [0.25, 0.3) is 0 Å². The van der Waals surface area contributed by atoms with E-state index in [1.165, 1.54) is 10.9 Å². The van der Waals surface area contributed by atoms with Crippen LogP contribution in [0.15, 0.2) is 36.5 Å². The minimum absolute atomic E-state index is 0.382. The molecule has 1 atom stereocenters. The van der Waals surface area contributed by atoms with E-state index in [0.29, 0.717) is 6.04 Å². The molecule has 1 heterocycles. The highest BCUT2D eigenvalue weighted by molar-refractivity contribution is 5.82. The lowest BCUT2D eigenvalue weighted by atomic mass is 10.0. The van der Waals surface area contributed by atoms with E-state index in [1.807, 2.05) is 12.3 Å². The molecule has 1 N–H and O–H groups in total. The van der Waals surface area contributed by atoms with Crippen molar-refractivity contribution in [1.82, 2.24) is 10.3 Å². The van der Waals surface area contributed by atoms with Crippen LogP contribution in [0.3, 0.4) is 0 Å². The third-order valence-electron chi connectivity index (χ3n) is 2.85. The first-order valence-electron chi connectivity index (χ1n) is 5.90. The summed E-state index contributed by atoms with van der Waals surface area (Å²) in [5, 5.41) is 4.76. The largest absolute Gasteiger partial charge is 0.310 e. The molecule has 1 unspecified atom stereocenters. The predicted molar refractivity (Wildman–Crippen MR) is 68.5 cm³/mol. The first-order chi connectivity index (χ1) is 7.83. The highest BCUT2D eigenvalue weighted by Crippen LogP contribution is 2.22. The summed E-state index contributed by atoms with van der Waals surface area (Å²) in [7, 11) is 0. The first kappa shape index (κ1) is 11.1. The zero-order valence-corrected chi connectivity index (χ0v) is 9.90. The second kappa shape index (κ2) is 5.08. The highest BCUT2D eigenvalue weighted by Gasteiger charge is 2.07. The van der Waals surface area contributed by atoms with Crippen LogP contribution in [0.2, 0.25) is 0 Å². The third-order valence-corrected chi connectivity index (χ3v) is 2.85. The van der Waals surface area contributed by atoms with Gasteiger partial charge in [0.2, 0.25) is 0 Å². The smallest absolute Gasteiger partial charge is 0.0705 e. The number of nitrogens with one attached hydrogen (secondary N) is 1. The molecule has 0 amide bonds. The fourth-order valence-electron chi connectivity index (χ4n) is 1.98. The Morgan fingerprint density at radius 3 is 2.94 bits per heavy atom. The van der Waals surface area contributed by atoms with Gasteiger partial charge in [-0.1, -0.05) is 25.1 Å². The Hall–Kier alpha value is -1.41. The maximum absolute atomic E-state index is 4.38. The molecule has 2 heteroatoms. The molecule has 0 fully saturated rings. The van der Waals surface area contributed by atoms with Crippen LogP contribution >= 0.6 is 0 Å². The molecule has 16 heavy (non-hydrogen) atoms. The molecule has 0 aliphatic carbocycles. The van der Waals surface area contributed by atoms with Crippen molar-refractivity contribution in [2.45, 2.75) is 26.3 Å². The van der Waals surface area contributed by atoms with Gasteiger partial charge in [-0.25, -0.2) is 0 Å². The second-order valence-electron chi connectivity index (χ2n) is 4.09. The molecule has 0 bridgehead atoms. The normalized spacial score (nSPS) is 12.9. The lowest BCUT2D eigenvalue weighted by Crippen LogP contribution is -2.19. The number of hydrogen-bond donors (Lipinski definition) is 1. The van der Waals surface area contributed by atoms with Crippen LogP contribution < -0.4 is 5.32 Å². The van der Waals surface area contributed by atoms with Gasteiger partial charge in [0.05, 0.1) is 5.52 Å². The molecule has 0 aliphatic heterocycles. The molecule has 2 nitrogen and oxygen atoms in total. The molecule has 1 aromatic carbocycles. The van der Waals surface area contributed by atoms with E-state index in [0.717, 1.165) is 18.5 Å². The SMILES string of the molecule is CCCNC(C)c1cccc2ncccc12. The molecule has 2 rings (SSSR count). The van der Waals surface area contributed by atoms with Crippen LogP contribution in [0.5, 0.6) is 0 Å². The van der Waals surface area contributed by atoms with Crippen LogP contribution in [0.4, 0.5) is 0 Å².